The molecule has 0 saturated heterocycles. The summed E-state index contributed by atoms with van der Waals surface area (Å²) in [5, 5.41) is 0. The summed E-state index contributed by atoms with van der Waals surface area (Å²) in [5.41, 5.74) is 0. The van der Waals surface area contributed by atoms with Crippen LogP contribution >= 0.6 is 0 Å². The normalized spacial score (nSPS) is 12.1. The van der Waals surface area contributed by atoms with E-state index in [0.717, 1.165) is 32.1 Å². The number of allylic oxidation sites excluding steroid dienone is 2. The first-order chi connectivity index (χ1) is 35.6. The summed E-state index contributed by atoms with van der Waals surface area (Å²) in [6, 6.07) is 0. The van der Waals surface area contributed by atoms with Crippen molar-refractivity contribution in [3.8, 4) is 0 Å². The van der Waals surface area contributed by atoms with Gasteiger partial charge >= 0.3 is 11.9 Å². The number of unbranched alkanes of at least 4 members (excludes halogenated alkanes) is 50. The standard InChI is InChI=1S/C67H130O5/c1-4-7-10-13-16-19-22-25-28-31-33-34-36-38-40-43-46-49-52-55-58-61-67(69)72-65(63-70-62-59-56-53-50-47-44-41-30-27-24-21-18-15-12-9-6-3)64-71-66(68)60-57-54-51-48-45-42-39-37-35-32-29-26-23-20-17-14-11-8-5-2/h26,29,65H,4-25,27-28,30-64H2,1-3H3/b29-26-/t65-/m1/s1. The van der Waals surface area contributed by atoms with Crippen molar-refractivity contribution in [3.05, 3.63) is 12.2 Å². The molecule has 0 aliphatic rings. The van der Waals surface area contributed by atoms with E-state index in [2.05, 4.69) is 32.9 Å². The molecule has 0 aromatic rings. The van der Waals surface area contributed by atoms with Crippen molar-refractivity contribution in [3.63, 3.8) is 0 Å². The quantitative estimate of drug-likeness (QED) is 0.0345. The molecule has 428 valence electrons. The molecule has 0 rings (SSSR count). The zero-order valence-corrected chi connectivity index (χ0v) is 49.5. The third-order valence-corrected chi connectivity index (χ3v) is 15.3. The molecule has 0 bridgehead atoms. The summed E-state index contributed by atoms with van der Waals surface area (Å²) < 4.78 is 17.6. The maximum absolute atomic E-state index is 12.9. The van der Waals surface area contributed by atoms with E-state index in [-0.39, 0.29) is 18.5 Å². The lowest BCUT2D eigenvalue weighted by molar-refractivity contribution is -0.163. The Morgan fingerprint density at radius 3 is 0.847 bits per heavy atom. The molecule has 0 amide bonds. The van der Waals surface area contributed by atoms with Gasteiger partial charge in [0.15, 0.2) is 6.10 Å². The molecule has 0 spiro atoms. The summed E-state index contributed by atoms with van der Waals surface area (Å²) in [4.78, 5) is 25.7. The molecule has 0 aromatic heterocycles. The highest BCUT2D eigenvalue weighted by Crippen LogP contribution is 2.18. The molecule has 0 unspecified atom stereocenters. The van der Waals surface area contributed by atoms with Crippen molar-refractivity contribution in [2.24, 2.45) is 0 Å². The van der Waals surface area contributed by atoms with Gasteiger partial charge in [-0.05, 0) is 44.9 Å². The minimum absolute atomic E-state index is 0.0950. The van der Waals surface area contributed by atoms with Gasteiger partial charge in [0, 0.05) is 19.4 Å². The van der Waals surface area contributed by atoms with Gasteiger partial charge in [-0.25, -0.2) is 0 Å². The SMILES string of the molecule is CCCCCCCC/C=C\CCCCCCCCCCCC(=O)OC[C@@H](COCCCCCCCCCCCCCCCCCC)OC(=O)CCCCCCCCCCCCCCCCCCCCCCC. The minimum Gasteiger partial charge on any atom is -0.462 e. The molecule has 0 saturated carbocycles. The Morgan fingerprint density at radius 1 is 0.292 bits per heavy atom. The maximum Gasteiger partial charge on any atom is 0.306 e. The van der Waals surface area contributed by atoms with E-state index in [0.29, 0.717) is 26.1 Å². The average Bonchev–Trinajstić information content (AvgIpc) is 3.38. The topological polar surface area (TPSA) is 61.8 Å². The van der Waals surface area contributed by atoms with Crippen LogP contribution in [0.25, 0.3) is 0 Å². The fraction of sp³-hybridized carbons (Fsp3) is 0.940. The number of hydrogen-bond donors (Lipinski definition) is 0. The van der Waals surface area contributed by atoms with Crippen molar-refractivity contribution in [1.82, 2.24) is 0 Å². The number of rotatable bonds is 63. The molecule has 72 heavy (non-hydrogen) atoms. The van der Waals surface area contributed by atoms with Crippen LogP contribution in [0, 0.1) is 0 Å². The number of carbonyl (C=O) groups is 2. The molecule has 5 heteroatoms. The fourth-order valence-corrected chi connectivity index (χ4v) is 10.3. The van der Waals surface area contributed by atoms with Crippen LogP contribution in [0.15, 0.2) is 12.2 Å². The zero-order valence-electron chi connectivity index (χ0n) is 49.5. The molecular formula is C67H130O5. The number of esters is 2. The van der Waals surface area contributed by atoms with E-state index in [9.17, 15) is 9.59 Å². The second-order valence-corrected chi connectivity index (χ2v) is 22.7. The molecule has 0 fully saturated rings. The fourth-order valence-electron chi connectivity index (χ4n) is 10.3. The third-order valence-electron chi connectivity index (χ3n) is 15.3. The summed E-state index contributed by atoms with van der Waals surface area (Å²) in [7, 11) is 0. The number of carbonyl (C=O) groups excluding carboxylic acids is 2. The Morgan fingerprint density at radius 2 is 0.542 bits per heavy atom. The molecule has 5 nitrogen and oxygen atoms in total. The van der Waals surface area contributed by atoms with Crippen LogP contribution in [-0.2, 0) is 23.8 Å². The lowest BCUT2D eigenvalue weighted by atomic mass is 10.0. The van der Waals surface area contributed by atoms with E-state index in [1.165, 1.54) is 315 Å². The van der Waals surface area contributed by atoms with Crippen molar-refractivity contribution >= 4 is 11.9 Å². The molecule has 1 atom stereocenters. The van der Waals surface area contributed by atoms with Crippen molar-refractivity contribution in [2.75, 3.05) is 19.8 Å². The van der Waals surface area contributed by atoms with E-state index in [4.69, 9.17) is 14.2 Å². The van der Waals surface area contributed by atoms with Gasteiger partial charge in [0.25, 0.3) is 0 Å². The molecular weight excluding hydrogens is 885 g/mol. The van der Waals surface area contributed by atoms with Crippen LogP contribution < -0.4 is 0 Å². The second-order valence-electron chi connectivity index (χ2n) is 22.7. The molecule has 0 aromatic carbocycles. The van der Waals surface area contributed by atoms with Crippen LogP contribution in [0.3, 0.4) is 0 Å². The number of hydrogen-bond acceptors (Lipinski definition) is 5. The summed E-state index contributed by atoms with van der Waals surface area (Å²) in [6.45, 7) is 7.93. The van der Waals surface area contributed by atoms with E-state index in [1.54, 1.807) is 0 Å². The monoisotopic (exact) mass is 1010 g/mol. The van der Waals surface area contributed by atoms with Gasteiger partial charge in [0.1, 0.15) is 6.61 Å². The van der Waals surface area contributed by atoms with Gasteiger partial charge in [0.2, 0.25) is 0 Å². The average molecular weight is 1020 g/mol. The molecule has 0 aliphatic carbocycles. The van der Waals surface area contributed by atoms with Gasteiger partial charge in [-0.3, -0.25) is 9.59 Å². The first kappa shape index (κ1) is 70.6. The Labute approximate surface area is 452 Å². The largest absolute Gasteiger partial charge is 0.462 e. The van der Waals surface area contributed by atoms with E-state index < -0.39 is 6.10 Å². The molecule has 0 aliphatic heterocycles. The molecule has 0 heterocycles. The van der Waals surface area contributed by atoms with Gasteiger partial charge in [-0.2, -0.15) is 0 Å². The van der Waals surface area contributed by atoms with Crippen LogP contribution in [0.4, 0.5) is 0 Å². The molecule has 0 radical (unpaired) electrons. The third kappa shape index (κ3) is 61.2. The lowest BCUT2D eigenvalue weighted by Crippen LogP contribution is -2.30. The smallest absolute Gasteiger partial charge is 0.306 e. The number of ether oxygens (including phenoxy) is 3. The van der Waals surface area contributed by atoms with E-state index in [1.807, 2.05) is 0 Å². The lowest BCUT2D eigenvalue weighted by Gasteiger charge is -2.18. The predicted octanol–water partition coefficient (Wildman–Crippen LogP) is 22.9. The Kier molecular flexibility index (Phi) is 62.7. The molecule has 0 N–H and O–H groups in total. The zero-order chi connectivity index (χ0) is 52.0. The van der Waals surface area contributed by atoms with Gasteiger partial charge in [-0.15, -0.1) is 0 Å². The highest BCUT2D eigenvalue weighted by Gasteiger charge is 2.18. The predicted molar refractivity (Wildman–Crippen MR) is 316 cm³/mol. The Bertz CT molecular complexity index is 1060. The van der Waals surface area contributed by atoms with Crippen molar-refractivity contribution in [1.29, 1.82) is 0 Å². The summed E-state index contributed by atoms with van der Waals surface area (Å²) in [5.74, 6) is -0.366. The van der Waals surface area contributed by atoms with Crippen molar-refractivity contribution < 1.29 is 23.8 Å². The second kappa shape index (κ2) is 63.9. The van der Waals surface area contributed by atoms with Crippen molar-refractivity contribution in [2.45, 2.75) is 386 Å². The first-order valence-electron chi connectivity index (χ1n) is 33.2. The highest BCUT2D eigenvalue weighted by molar-refractivity contribution is 5.70. The van der Waals surface area contributed by atoms with E-state index >= 15 is 0 Å². The Balaban J connectivity index is 4.18. The van der Waals surface area contributed by atoms with Gasteiger partial charge < -0.3 is 14.2 Å². The first-order valence-corrected chi connectivity index (χ1v) is 33.2. The van der Waals surface area contributed by atoms with Gasteiger partial charge in [0.05, 0.1) is 6.61 Å². The van der Waals surface area contributed by atoms with Crippen LogP contribution in [0.1, 0.15) is 380 Å². The maximum atomic E-state index is 12.9. The van der Waals surface area contributed by atoms with Crippen LogP contribution in [-0.4, -0.2) is 37.9 Å². The van der Waals surface area contributed by atoms with Gasteiger partial charge in [-0.1, -0.05) is 335 Å². The highest BCUT2D eigenvalue weighted by atomic mass is 16.6. The van der Waals surface area contributed by atoms with Crippen LogP contribution in [0.2, 0.25) is 0 Å². The summed E-state index contributed by atoms with van der Waals surface area (Å²) >= 11 is 0. The summed E-state index contributed by atoms with van der Waals surface area (Å²) in [6.07, 6.45) is 76.9. The minimum atomic E-state index is -0.529. The van der Waals surface area contributed by atoms with Crippen LogP contribution in [0.5, 0.6) is 0 Å². The Hall–Kier alpha value is -1.36.